The second-order valence-corrected chi connectivity index (χ2v) is 6.78. The molecule has 0 fully saturated rings. The normalized spacial score (nSPS) is 14.5. The van der Waals surface area contributed by atoms with E-state index in [0.29, 0.717) is 0 Å². The monoisotopic (exact) mass is 356 g/mol. The Kier molecular flexibility index (Phi) is 3.24. The molecule has 4 rings (SSSR count). The van der Waals surface area contributed by atoms with Crippen LogP contribution in [0.5, 0.6) is 5.75 Å². The third-order valence-corrected chi connectivity index (χ3v) is 4.81. The number of halogens is 1. The molecule has 3 aromatic rings. The van der Waals surface area contributed by atoms with Crippen LogP contribution in [0.3, 0.4) is 0 Å². The largest absolute Gasteiger partial charge is 0.497 e. The number of fused-ring (bicyclic) bond motifs is 5. The highest BCUT2D eigenvalue weighted by Crippen LogP contribution is 2.38. The molecule has 1 N–H and O–H groups in total. The molecule has 2 aromatic carbocycles. The van der Waals surface area contributed by atoms with Crippen LogP contribution >= 0.6 is 15.9 Å². The first-order chi connectivity index (χ1) is 10.7. The third kappa shape index (κ3) is 2.14. The predicted octanol–water partition coefficient (Wildman–Crippen LogP) is 4.55. The molecule has 0 spiro atoms. The van der Waals surface area contributed by atoms with Crippen molar-refractivity contribution in [3.8, 4) is 17.0 Å². The molecule has 0 saturated carbocycles. The topological polar surface area (TPSA) is 28.3 Å². The molecule has 1 aromatic heterocycles. The lowest BCUT2D eigenvalue weighted by Gasteiger charge is -2.14. The highest BCUT2D eigenvalue weighted by Gasteiger charge is 2.21. The van der Waals surface area contributed by atoms with Gasteiger partial charge in [0.15, 0.2) is 0 Å². The molecule has 0 amide bonds. The van der Waals surface area contributed by atoms with Crippen molar-refractivity contribution < 1.29 is 4.74 Å². The highest BCUT2D eigenvalue weighted by atomic mass is 79.9. The fraction of sp³-hybridized carbons (Fsp3) is 0.222. The molecule has 1 aliphatic rings. The number of nitrogens with one attached hydrogen (secondary N) is 1. The smallest absolute Gasteiger partial charge is 0.119 e. The molecule has 3 nitrogen and oxygen atoms in total. The minimum Gasteiger partial charge on any atom is -0.497 e. The van der Waals surface area contributed by atoms with Crippen LogP contribution in [0.15, 0.2) is 40.9 Å². The molecule has 112 valence electrons. The van der Waals surface area contributed by atoms with E-state index in [1.807, 2.05) is 6.07 Å². The van der Waals surface area contributed by atoms with Crippen LogP contribution in [0.1, 0.15) is 11.1 Å². The zero-order valence-corrected chi connectivity index (χ0v) is 14.2. The van der Waals surface area contributed by atoms with Crippen LogP contribution in [0.4, 0.5) is 0 Å². The first kappa shape index (κ1) is 13.9. The van der Waals surface area contributed by atoms with Crippen molar-refractivity contribution in [1.82, 2.24) is 9.88 Å². The number of aromatic nitrogens is 1. The SMILES string of the molecule is COc1ccc2[nH]c3c(c2c1)CN(C)Cc1cc(Br)ccc1-3. The summed E-state index contributed by atoms with van der Waals surface area (Å²) in [6.45, 7) is 1.87. The Labute approximate surface area is 138 Å². The van der Waals surface area contributed by atoms with Crippen molar-refractivity contribution in [2.45, 2.75) is 13.1 Å². The maximum atomic E-state index is 5.39. The summed E-state index contributed by atoms with van der Waals surface area (Å²) < 4.78 is 6.52. The van der Waals surface area contributed by atoms with Crippen LogP contribution in [-0.2, 0) is 13.1 Å². The van der Waals surface area contributed by atoms with Gasteiger partial charge in [0, 0.05) is 34.0 Å². The molecule has 0 bridgehead atoms. The van der Waals surface area contributed by atoms with Gasteiger partial charge in [0.25, 0.3) is 0 Å². The highest BCUT2D eigenvalue weighted by molar-refractivity contribution is 9.10. The van der Waals surface area contributed by atoms with Gasteiger partial charge in [0.05, 0.1) is 12.8 Å². The average Bonchev–Trinajstić information content (AvgIpc) is 2.78. The standard InChI is InChI=1S/C18H17BrN2O/c1-21-9-11-7-12(19)3-5-14(11)18-16(10-21)15-8-13(22-2)4-6-17(15)20-18/h3-8,20H,9-10H2,1-2H3. The molecular weight excluding hydrogens is 340 g/mol. The number of hydrogen-bond donors (Lipinski definition) is 1. The molecule has 0 atom stereocenters. The third-order valence-electron chi connectivity index (χ3n) is 4.32. The van der Waals surface area contributed by atoms with Crippen molar-refractivity contribution in [1.29, 1.82) is 0 Å². The second kappa shape index (κ2) is 5.14. The lowest BCUT2D eigenvalue weighted by Crippen LogP contribution is -2.15. The molecular formula is C18H17BrN2O. The fourth-order valence-electron chi connectivity index (χ4n) is 3.30. The van der Waals surface area contributed by atoms with E-state index in [9.17, 15) is 0 Å². The quantitative estimate of drug-likeness (QED) is 0.692. The number of aromatic amines is 1. The van der Waals surface area contributed by atoms with E-state index in [0.717, 1.165) is 28.8 Å². The average molecular weight is 357 g/mol. The van der Waals surface area contributed by atoms with Crippen molar-refractivity contribution in [3.63, 3.8) is 0 Å². The van der Waals surface area contributed by atoms with Crippen LogP contribution in [-0.4, -0.2) is 24.0 Å². The molecule has 22 heavy (non-hydrogen) atoms. The van der Waals surface area contributed by atoms with Crippen molar-refractivity contribution in [3.05, 3.63) is 52.0 Å². The Morgan fingerprint density at radius 1 is 1.14 bits per heavy atom. The van der Waals surface area contributed by atoms with E-state index < -0.39 is 0 Å². The molecule has 4 heteroatoms. The number of H-pyrrole nitrogens is 1. The van der Waals surface area contributed by atoms with Gasteiger partial charge in [-0.1, -0.05) is 22.0 Å². The predicted molar refractivity (Wildman–Crippen MR) is 93.2 cm³/mol. The van der Waals surface area contributed by atoms with Crippen molar-refractivity contribution >= 4 is 26.8 Å². The molecule has 2 heterocycles. The van der Waals surface area contributed by atoms with Gasteiger partial charge in [0.2, 0.25) is 0 Å². The van der Waals surface area contributed by atoms with Gasteiger partial charge in [-0.15, -0.1) is 0 Å². The first-order valence-corrected chi connectivity index (χ1v) is 8.11. The van der Waals surface area contributed by atoms with Gasteiger partial charge in [0.1, 0.15) is 5.75 Å². The zero-order chi connectivity index (χ0) is 15.3. The minimum atomic E-state index is 0.900. The van der Waals surface area contributed by atoms with Gasteiger partial charge in [-0.3, -0.25) is 4.90 Å². The number of methoxy groups -OCH3 is 1. The fourth-order valence-corrected chi connectivity index (χ4v) is 3.71. The van der Waals surface area contributed by atoms with Crippen LogP contribution in [0, 0.1) is 0 Å². The summed E-state index contributed by atoms with van der Waals surface area (Å²) >= 11 is 3.58. The summed E-state index contributed by atoms with van der Waals surface area (Å²) in [5.74, 6) is 0.900. The Morgan fingerprint density at radius 2 is 2.00 bits per heavy atom. The molecule has 0 saturated heterocycles. The lowest BCUT2D eigenvalue weighted by molar-refractivity contribution is 0.324. The number of rotatable bonds is 1. The van der Waals surface area contributed by atoms with Gasteiger partial charge in [-0.2, -0.15) is 0 Å². The number of hydrogen-bond acceptors (Lipinski definition) is 2. The van der Waals surface area contributed by atoms with Crippen LogP contribution < -0.4 is 4.74 Å². The molecule has 0 radical (unpaired) electrons. The molecule has 0 unspecified atom stereocenters. The van der Waals surface area contributed by atoms with Crippen molar-refractivity contribution in [2.75, 3.05) is 14.2 Å². The van der Waals surface area contributed by atoms with E-state index in [-0.39, 0.29) is 0 Å². The number of nitrogens with zero attached hydrogens (tertiary/aromatic N) is 1. The van der Waals surface area contributed by atoms with Gasteiger partial charge in [-0.25, -0.2) is 0 Å². The Bertz CT molecular complexity index is 869. The summed E-state index contributed by atoms with van der Waals surface area (Å²) in [7, 11) is 3.88. The van der Waals surface area contributed by atoms with Crippen LogP contribution in [0.25, 0.3) is 22.2 Å². The summed E-state index contributed by atoms with van der Waals surface area (Å²) in [6.07, 6.45) is 0. The summed E-state index contributed by atoms with van der Waals surface area (Å²) in [5.41, 5.74) is 6.37. The van der Waals surface area contributed by atoms with Gasteiger partial charge < -0.3 is 9.72 Å². The Morgan fingerprint density at radius 3 is 2.82 bits per heavy atom. The zero-order valence-electron chi connectivity index (χ0n) is 12.6. The molecule has 1 aliphatic heterocycles. The summed E-state index contributed by atoms with van der Waals surface area (Å²) in [6, 6.07) is 12.8. The minimum absolute atomic E-state index is 0.900. The second-order valence-electron chi connectivity index (χ2n) is 5.86. The van der Waals surface area contributed by atoms with E-state index in [2.05, 4.69) is 63.2 Å². The Hall–Kier alpha value is -1.78. The van der Waals surface area contributed by atoms with E-state index in [1.165, 1.54) is 27.8 Å². The maximum Gasteiger partial charge on any atom is 0.119 e. The van der Waals surface area contributed by atoms with E-state index in [1.54, 1.807) is 7.11 Å². The lowest BCUT2D eigenvalue weighted by atomic mass is 10.0. The summed E-state index contributed by atoms with van der Waals surface area (Å²) in [4.78, 5) is 5.96. The van der Waals surface area contributed by atoms with Gasteiger partial charge >= 0.3 is 0 Å². The first-order valence-electron chi connectivity index (χ1n) is 7.31. The van der Waals surface area contributed by atoms with Crippen LogP contribution in [0.2, 0.25) is 0 Å². The Balaban J connectivity index is 2.02. The summed E-state index contributed by atoms with van der Waals surface area (Å²) in [5, 5.41) is 1.25. The van der Waals surface area contributed by atoms with E-state index >= 15 is 0 Å². The van der Waals surface area contributed by atoms with Gasteiger partial charge in [-0.05, 0) is 48.5 Å². The van der Waals surface area contributed by atoms with Crippen molar-refractivity contribution in [2.24, 2.45) is 0 Å². The number of ether oxygens (including phenoxy) is 1. The number of benzene rings is 2. The maximum absolute atomic E-state index is 5.39. The van der Waals surface area contributed by atoms with E-state index in [4.69, 9.17) is 4.74 Å². The molecule has 0 aliphatic carbocycles.